The van der Waals surface area contributed by atoms with Crippen LogP contribution in [0.5, 0.6) is 0 Å². The molecule has 1 N–H and O–H groups in total. The van der Waals surface area contributed by atoms with Crippen LogP contribution >= 0.6 is 11.6 Å². The summed E-state index contributed by atoms with van der Waals surface area (Å²) < 4.78 is 5.45. The number of halogens is 1. The van der Waals surface area contributed by atoms with E-state index in [-0.39, 0.29) is 5.56 Å². The summed E-state index contributed by atoms with van der Waals surface area (Å²) in [5.74, 6) is -0.465. The molecule has 0 amide bonds. The molecule has 3 rings (SSSR count). The van der Waals surface area contributed by atoms with E-state index in [1.807, 2.05) is 12.1 Å². The van der Waals surface area contributed by atoms with E-state index in [2.05, 4.69) is 4.98 Å². The van der Waals surface area contributed by atoms with E-state index in [0.717, 1.165) is 11.1 Å². The molecule has 21 heavy (non-hydrogen) atoms. The van der Waals surface area contributed by atoms with Crippen LogP contribution in [-0.4, -0.2) is 16.1 Å². The van der Waals surface area contributed by atoms with Gasteiger partial charge in [0.15, 0.2) is 0 Å². The standard InChI is InChI=1S/C16H10ClNO3/c17-13-7-5-11(6-8-13)15-18-14(9-21-15)10-1-3-12(4-2-10)16(19)20/h1-9H,(H,19,20). The summed E-state index contributed by atoms with van der Waals surface area (Å²) in [5, 5.41) is 9.52. The van der Waals surface area contributed by atoms with Gasteiger partial charge in [0.25, 0.3) is 0 Å². The van der Waals surface area contributed by atoms with E-state index in [1.54, 1.807) is 30.5 Å². The minimum atomic E-state index is -0.955. The first kappa shape index (κ1) is 13.4. The number of carboxylic acids is 1. The van der Waals surface area contributed by atoms with Gasteiger partial charge in [0.1, 0.15) is 12.0 Å². The van der Waals surface area contributed by atoms with Crippen LogP contribution in [0.2, 0.25) is 5.02 Å². The highest BCUT2D eigenvalue weighted by Crippen LogP contribution is 2.25. The molecule has 0 radical (unpaired) electrons. The van der Waals surface area contributed by atoms with E-state index in [9.17, 15) is 4.79 Å². The highest BCUT2D eigenvalue weighted by atomic mass is 35.5. The number of benzene rings is 2. The highest BCUT2D eigenvalue weighted by molar-refractivity contribution is 6.30. The van der Waals surface area contributed by atoms with Crippen LogP contribution in [0.4, 0.5) is 0 Å². The first-order chi connectivity index (χ1) is 10.1. The monoisotopic (exact) mass is 299 g/mol. The summed E-state index contributed by atoms with van der Waals surface area (Å²) in [6.45, 7) is 0. The number of aromatic nitrogens is 1. The van der Waals surface area contributed by atoms with Gasteiger partial charge in [0.2, 0.25) is 5.89 Å². The molecule has 0 fully saturated rings. The lowest BCUT2D eigenvalue weighted by atomic mass is 10.1. The number of oxazole rings is 1. The Bertz CT molecular complexity index is 776. The summed E-state index contributed by atoms with van der Waals surface area (Å²) in [6, 6.07) is 13.7. The Balaban J connectivity index is 1.90. The molecule has 4 nitrogen and oxygen atoms in total. The van der Waals surface area contributed by atoms with Gasteiger partial charge in [-0.25, -0.2) is 9.78 Å². The SMILES string of the molecule is O=C(O)c1ccc(-c2coc(-c3ccc(Cl)cc3)n2)cc1. The van der Waals surface area contributed by atoms with Crippen molar-refractivity contribution in [2.24, 2.45) is 0 Å². The van der Waals surface area contributed by atoms with Crippen LogP contribution in [0, 0.1) is 0 Å². The molecule has 2 aromatic carbocycles. The van der Waals surface area contributed by atoms with Gasteiger partial charge in [0.05, 0.1) is 5.56 Å². The van der Waals surface area contributed by atoms with Crippen molar-refractivity contribution in [3.8, 4) is 22.7 Å². The van der Waals surface area contributed by atoms with E-state index >= 15 is 0 Å². The van der Waals surface area contributed by atoms with Crippen LogP contribution in [0.25, 0.3) is 22.7 Å². The lowest BCUT2D eigenvalue weighted by molar-refractivity contribution is 0.0697. The summed E-state index contributed by atoms with van der Waals surface area (Å²) >= 11 is 5.84. The normalized spacial score (nSPS) is 10.5. The summed E-state index contributed by atoms with van der Waals surface area (Å²) in [7, 11) is 0. The fourth-order valence-electron chi connectivity index (χ4n) is 1.91. The van der Waals surface area contributed by atoms with Gasteiger partial charge in [-0.2, -0.15) is 0 Å². The van der Waals surface area contributed by atoms with Crippen molar-refractivity contribution in [2.75, 3.05) is 0 Å². The molecule has 0 aliphatic rings. The fourth-order valence-corrected chi connectivity index (χ4v) is 2.04. The fraction of sp³-hybridized carbons (Fsp3) is 0. The molecule has 1 heterocycles. The van der Waals surface area contributed by atoms with Crippen LogP contribution in [-0.2, 0) is 0 Å². The molecular weight excluding hydrogens is 290 g/mol. The summed E-state index contributed by atoms with van der Waals surface area (Å²) in [4.78, 5) is 15.2. The van der Waals surface area contributed by atoms with Crippen molar-refractivity contribution in [1.29, 1.82) is 0 Å². The van der Waals surface area contributed by atoms with Crippen molar-refractivity contribution in [3.05, 3.63) is 65.4 Å². The minimum absolute atomic E-state index is 0.236. The maximum Gasteiger partial charge on any atom is 0.335 e. The number of hydrogen-bond acceptors (Lipinski definition) is 3. The predicted octanol–water partition coefficient (Wildman–Crippen LogP) is 4.36. The van der Waals surface area contributed by atoms with Crippen LogP contribution in [0.3, 0.4) is 0 Å². The average molecular weight is 300 g/mol. The zero-order valence-electron chi connectivity index (χ0n) is 10.8. The third kappa shape index (κ3) is 2.80. The topological polar surface area (TPSA) is 63.3 Å². The molecule has 0 saturated carbocycles. The third-order valence-corrected chi connectivity index (χ3v) is 3.27. The van der Waals surface area contributed by atoms with Gasteiger partial charge < -0.3 is 9.52 Å². The summed E-state index contributed by atoms with van der Waals surface area (Å²) in [5.41, 5.74) is 2.51. The predicted molar refractivity (Wildman–Crippen MR) is 79.3 cm³/mol. The van der Waals surface area contributed by atoms with E-state index < -0.39 is 5.97 Å². The molecule has 1 aromatic heterocycles. The number of rotatable bonds is 3. The highest BCUT2D eigenvalue weighted by Gasteiger charge is 2.09. The quantitative estimate of drug-likeness (QED) is 0.780. The average Bonchev–Trinajstić information content (AvgIpc) is 2.98. The second-order valence-electron chi connectivity index (χ2n) is 4.43. The van der Waals surface area contributed by atoms with Gasteiger partial charge in [-0.3, -0.25) is 0 Å². The molecule has 0 bridgehead atoms. The van der Waals surface area contributed by atoms with Gasteiger partial charge >= 0.3 is 5.97 Å². The number of nitrogens with zero attached hydrogens (tertiary/aromatic N) is 1. The smallest absolute Gasteiger partial charge is 0.335 e. The molecule has 5 heteroatoms. The molecule has 0 unspecified atom stereocenters. The largest absolute Gasteiger partial charge is 0.478 e. The Morgan fingerprint density at radius 1 is 1.00 bits per heavy atom. The summed E-state index contributed by atoms with van der Waals surface area (Å²) in [6.07, 6.45) is 1.54. The zero-order valence-corrected chi connectivity index (χ0v) is 11.5. The molecule has 0 aliphatic heterocycles. The third-order valence-electron chi connectivity index (χ3n) is 3.02. The zero-order chi connectivity index (χ0) is 14.8. The maximum atomic E-state index is 10.8. The number of aromatic carboxylic acids is 1. The second-order valence-corrected chi connectivity index (χ2v) is 4.86. The number of hydrogen-bond donors (Lipinski definition) is 1. The van der Waals surface area contributed by atoms with Crippen molar-refractivity contribution < 1.29 is 14.3 Å². The molecular formula is C16H10ClNO3. The van der Waals surface area contributed by atoms with Crippen LogP contribution in [0.15, 0.2) is 59.2 Å². The molecule has 3 aromatic rings. The Morgan fingerprint density at radius 3 is 2.24 bits per heavy atom. The van der Waals surface area contributed by atoms with Crippen molar-refractivity contribution in [2.45, 2.75) is 0 Å². The first-order valence-electron chi connectivity index (χ1n) is 6.19. The molecule has 0 atom stereocenters. The van der Waals surface area contributed by atoms with E-state index in [0.29, 0.717) is 16.6 Å². The van der Waals surface area contributed by atoms with Gasteiger partial charge in [0, 0.05) is 16.1 Å². The van der Waals surface area contributed by atoms with Crippen molar-refractivity contribution >= 4 is 17.6 Å². The van der Waals surface area contributed by atoms with Crippen molar-refractivity contribution in [3.63, 3.8) is 0 Å². The molecule has 0 aliphatic carbocycles. The lowest BCUT2D eigenvalue weighted by Crippen LogP contribution is -1.94. The minimum Gasteiger partial charge on any atom is -0.478 e. The second kappa shape index (κ2) is 5.42. The molecule has 0 saturated heterocycles. The lowest BCUT2D eigenvalue weighted by Gasteiger charge is -1.97. The van der Waals surface area contributed by atoms with E-state index in [1.165, 1.54) is 12.1 Å². The molecule has 0 spiro atoms. The van der Waals surface area contributed by atoms with Crippen LogP contribution in [0.1, 0.15) is 10.4 Å². The van der Waals surface area contributed by atoms with Gasteiger partial charge in [-0.05, 0) is 36.4 Å². The Kier molecular flexibility index (Phi) is 3.46. The van der Waals surface area contributed by atoms with Crippen LogP contribution < -0.4 is 0 Å². The molecule has 104 valence electrons. The Morgan fingerprint density at radius 2 is 1.62 bits per heavy atom. The Labute approximate surface area is 125 Å². The van der Waals surface area contributed by atoms with Gasteiger partial charge in [-0.1, -0.05) is 23.7 Å². The Hall–Kier alpha value is -2.59. The number of carboxylic acid groups (broad SMARTS) is 1. The van der Waals surface area contributed by atoms with Crippen molar-refractivity contribution in [1.82, 2.24) is 4.98 Å². The first-order valence-corrected chi connectivity index (χ1v) is 6.56. The number of carbonyl (C=O) groups is 1. The van der Waals surface area contributed by atoms with E-state index in [4.69, 9.17) is 21.1 Å². The van der Waals surface area contributed by atoms with Gasteiger partial charge in [-0.15, -0.1) is 0 Å². The maximum absolute atomic E-state index is 10.8.